The molecule has 0 aliphatic heterocycles. The van der Waals surface area contributed by atoms with Crippen molar-refractivity contribution >= 4 is 29.2 Å². The molecule has 3 N–H and O–H groups in total. The Morgan fingerprint density at radius 3 is 2.85 bits per heavy atom. The minimum Gasteiger partial charge on any atom is -0.477 e. The van der Waals surface area contributed by atoms with Crippen LogP contribution in [0.15, 0.2) is 24.5 Å². The largest absolute Gasteiger partial charge is 0.477 e. The van der Waals surface area contributed by atoms with Crippen LogP contribution in [-0.2, 0) is 0 Å². The van der Waals surface area contributed by atoms with Gasteiger partial charge in [0.15, 0.2) is 11.4 Å². The van der Waals surface area contributed by atoms with E-state index in [1.807, 2.05) is 6.07 Å². The summed E-state index contributed by atoms with van der Waals surface area (Å²) in [7, 11) is 0. The van der Waals surface area contributed by atoms with Gasteiger partial charge in [0.2, 0.25) is 0 Å². The predicted molar refractivity (Wildman–Crippen MR) is 69.7 cm³/mol. The number of H-pyrrole nitrogens is 1. The maximum absolute atomic E-state index is 12.0. The molecule has 100 valence electrons. The molecular formula is C12H7ClN4O3. The number of nitrogens with zero attached hydrogens (tertiary/aromatic N) is 2. The zero-order chi connectivity index (χ0) is 14.7. The molecule has 0 atom stereocenters. The summed E-state index contributed by atoms with van der Waals surface area (Å²) in [5.74, 6) is -2.04. The number of imidazole rings is 1. The SMILES string of the molecule is N#Cc1ccc(Cl)c(NC(=O)c2nc[nH]c2C(=O)O)c1. The van der Waals surface area contributed by atoms with Crippen molar-refractivity contribution in [2.45, 2.75) is 0 Å². The number of rotatable bonds is 3. The fraction of sp³-hybridized carbons (Fsp3) is 0. The van der Waals surface area contributed by atoms with Gasteiger partial charge in [0.1, 0.15) is 0 Å². The van der Waals surface area contributed by atoms with Crippen molar-refractivity contribution in [2.75, 3.05) is 5.32 Å². The predicted octanol–water partition coefficient (Wildman–Crippen LogP) is 1.89. The number of carboxylic acids is 1. The van der Waals surface area contributed by atoms with Crippen molar-refractivity contribution < 1.29 is 14.7 Å². The second kappa shape index (κ2) is 5.42. The van der Waals surface area contributed by atoms with E-state index in [4.69, 9.17) is 22.0 Å². The number of carboxylic acid groups (broad SMARTS) is 1. The van der Waals surface area contributed by atoms with E-state index < -0.39 is 11.9 Å². The first-order valence-electron chi connectivity index (χ1n) is 5.30. The number of hydrogen-bond acceptors (Lipinski definition) is 4. The van der Waals surface area contributed by atoms with Crippen LogP contribution in [0.5, 0.6) is 0 Å². The molecule has 0 bridgehead atoms. The summed E-state index contributed by atoms with van der Waals surface area (Å²) < 4.78 is 0. The summed E-state index contributed by atoms with van der Waals surface area (Å²) >= 11 is 5.89. The Hall–Kier alpha value is -2.85. The molecular weight excluding hydrogens is 284 g/mol. The van der Waals surface area contributed by atoms with E-state index >= 15 is 0 Å². The highest BCUT2D eigenvalue weighted by molar-refractivity contribution is 6.34. The first kappa shape index (κ1) is 13.6. The molecule has 1 aromatic carbocycles. The summed E-state index contributed by atoms with van der Waals surface area (Å²) in [5.41, 5.74) is -0.0776. The maximum atomic E-state index is 12.0. The lowest BCUT2D eigenvalue weighted by Gasteiger charge is -2.06. The number of aromatic amines is 1. The van der Waals surface area contributed by atoms with Gasteiger partial charge in [0.05, 0.1) is 28.7 Å². The lowest BCUT2D eigenvalue weighted by atomic mass is 10.2. The monoisotopic (exact) mass is 290 g/mol. The lowest BCUT2D eigenvalue weighted by Crippen LogP contribution is -2.16. The lowest BCUT2D eigenvalue weighted by molar-refractivity contribution is 0.0686. The number of nitrogens with one attached hydrogen (secondary N) is 2. The van der Waals surface area contributed by atoms with Gasteiger partial charge in [0, 0.05) is 0 Å². The van der Waals surface area contributed by atoms with E-state index in [0.717, 1.165) is 6.33 Å². The minimum absolute atomic E-state index is 0.204. The molecule has 1 heterocycles. The summed E-state index contributed by atoms with van der Waals surface area (Å²) in [4.78, 5) is 28.8. The van der Waals surface area contributed by atoms with E-state index in [9.17, 15) is 9.59 Å². The molecule has 1 amide bonds. The molecule has 0 saturated carbocycles. The molecule has 2 aromatic rings. The summed E-state index contributed by atoms with van der Waals surface area (Å²) in [6.07, 6.45) is 1.10. The molecule has 20 heavy (non-hydrogen) atoms. The van der Waals surface area contributed by atoms with Crippen molar-refractivity contribution in [3.05, 3.63) is 46.5 Å². The zero-order valence-electron chi connectivity index (χ0n) is 9.85. The molecule has 0 saturated heterocycles. The van der Waals surface area contributed by atoms with Crippen molar-refractivity contribution in [2.24, 2.45) is 0 Å². The smallest absolute Gasteiger partial charge is 0.354 e. The molecule has 0 spiro atoms. The molecule has 0 fully saturated rings. The van der Waals surface area contributed by atoms with Gasteiger partial charge in [-0.2, -0.15) is 5.26 Å². The number of carbonyl (C=O) groups excluding carboxylic acids is 1. The first-order valence-corrected chi connectivity index (χ1v) is 5.68. The molecule has 0 aliphatic rings. The summed E-state index contributed by atoms with van der Waals surface area (Å²) in [6.45, 7) is 0. The average Bonchev–Trinajstić information content (AvgIpc) is 2.90. The Morgan fingerprint density at radius 2 is 2.20 bits per heavy atom. The number of nitriles is 1. The number of hydrogen-bond donors (Lipinski definition) is 3. The van der Waals surface area contributed by atoms with E-state index in [-0.39, 0.29) is 22.1 Å². The topological polar surface area (TPSA) is 119 Å². The summed E-state index contributed by atoms with van der Waals surface area (Å²) in [6, 6.07) is 6.24. The maximum Gasteiger partial charge on any atom is 0.354 e. The van der Waals surface area contributed by atoms with Crippen LogP contribution in [0.25, 0.3) is 0 Å². The van der Waals surface area contributed by atoms with E-state index in [0.29, 0.717) is 5.56 Å². The van der Waals surface area contributed by atoms with Crippen molar-refractivity contribution in [1.82, 2.24) is 9.97 Å². The fourth-order valence-electron chi connectivity index (χ4n) is 1.50. The minimum atomic E-state index is -1.30. The Morgan fingerprint density at radius 1 is 1.45 bits per heavy atom. The van der Waals surface area contributed by atoms with Gasteiger partial charge in [-0.15, -0.1) is 0 Å². The Bertz CT molecular complexity index is 733. The molecule has 7 nitrogen and oxygen atoms in total. The number of aromatic carboxylic acids is 1. The molecule has 8 heteroatoms. The van der Waals surface area contributed by atoms with Crippen LogP contribution in [0.4, 0.5) is 5.69 Å². The van der Waals surface area contributed by atoms with Crippen LogP contribution in [0, 0.1) is 11.3 Å². The highest BCUT2D eigenvalue weighted by atomic mass is 35.5. The van der Waals surface area contributed by atoms with Crippen LogP contribution in [0.2, 0.25) is 5.02 Å². The number of anilines is 1. The zero-order valence-corrected chi connectivity index (χ0v) is 10.6. The Balaban J connectivity index is 2.31. The Kier molecular flexibility index (Phi) is 3.68. The second-order valence-corrected chi connectivity index (χ2v) is 4.10. The third-order valence-electron chi connectivity index (χ3n) is 2.41. The Labute approximate surface area is 117 Å². The van der Waals surface area contributed by atoms with Crippen LogP contribution in [0.1, 0.15) is 26.5 Å². The molecule has 0 unspecified atom stereocenters. The van der Waals surface area contributed by atoms with Gasteiger partial charge >= 0.3 is 5.97 Å². The highest BCUT2D eigenvalue weighted by Crippen LogP contribution is 2.23. The normalized spacial score (nSPS) is 9.80. The number of aromatic nitrogens is 2. The third-order valence-corrected chi connectivity index (χ3v) is 2.74. The second-order valence-electron chi connectivity index (χ2n) is 3.69. The number of benzene rings is 1. The van der Waals surface area contributed by atoms with Gasteiger partial charge in [-0.05, 0) is 18.2 Å². The first-order chi connectivity index (χ1) is 9.52. The third kappa shape index (κ3) is 2.60. The van der Waals surface area contributed by atoms with Gasteiger partial charge in [-0.25, -0.2) is 9.78 Å². The quantitative estimate of drug-likeness (QED) is 0.797. The molecule has 0 aliphatic carbocycles. The fourth-order valence-corrected chi connectivity index (χ4v) is 1.67. The number of amides is 1. The highest BCUT2D eigenvalue weighted by Gasteiger charge is 2.20. The van der Waals surface area contributed by atoms with Gasteiger partial charge in [-0.1, -0.05) is 11.6 Å². The van der Waals surface area contributed by atoms with Crippen LogP contribution in [0.3, 0.4) is 0 Å². The van der Waals surface area contributed by atoms with Crippen molar-refractivity contribution in [1.29, 1.82) is 5.26 Å². The van der Waals surface area contributed by atoms with Crippen LogP contribution in [-0.4, -0.2) is 27.0 Å². The van der Waals surface area contributed by atoms with Gasteiger partial charge < -0.3 is 15.4 Å². The van der Waals surface area contributed by atoms with Gasteiger partial charge in [0.25, 0.3) is 5.91 Å². The number of carbonyl (C=O) groups is 2. The van der Waals surface area contributed by atoms with E-state index in [1.165, 1.54) is 18.2 Å². The van der Waals surface area contributed by atoms with E-state index in [2.05, 4.69) is 15.3 Å². The molecule has 1 aromatic heterocycles. The standard InChI is InChI=1S/C12H7ClN4O3/c13-7-2-1-6(4-14)3-8(7)17-11(18)9-10(12(19)20)16-5-15-9/h1-3,5H,(H,15,16)(H,17,18)(H,19,20). The van der Waals surface area contributed by atoms with Crippen LogP contribution < -0.4 is 5.32 Å². The van der Waals surface area contributed by atoms with Crippen LogP contribution >= 0.6 is 11.6 Å². The van der Waals surface area contributed by atoms with E-state index in [1.54, 1.807) is 0 Å². The molecule has 2 rings (SSSR count). The molecule has 0 radical (unpaired) electrons. The van der Waals surface area contributed by atoms with Gasteiger partial charge in [-0.3, -0.25) is 4.79 Å². The average molecular weight is 291 g/mol. The summed E-state index contributed by atoms with van der Waals surface area (Å²) in [5, 5.41) is 20.3. The van der Waals surface area contributed by atoms with Crippen molar-refractivity contribution in [3.8, 4) is 6.07 Å². The number of halogens is 1. The van der Waals surface area contributed by atoms with Crippen molar-refractivity contribution in [3.63, 3.8) is 0 Å².